The summed E-state index contributed by atoms with van der Waals surface area (Å²) in [6.45, 7) is 4.64. The lowest BCUT2D eigenvalue weighted by molar-refractivity contribution is 0.0916. The van der Waals surface area contributed by atoms with Crippen LogP contribution in [0.1, 0.15) is 0 Å². The van der Waals surface area contributed by atoms with Crippen molar-refractivity contribution in [2.45, 2.75) is 12.2 Å². The molecule has 1 rings (SSSR count). The fourth-order valence-corrected chi connectivity index (χ4v) is 2.67. The largest absolute Gasteiger partial charge is 0.394 e. The minimum absolute atomic E-state index is 0.207. The van der Waals surface area contributed by atoms with Gasteiger partial charge in [0.2, 0.25) is 0 Å². The Morgan fingerprint density at radius 2 is 1.65 bits per heavy atom. The second-order valence-electron chi connectivity index (χ2n) is 4.63. The summed E-state index contributed by atoms with van der Waals surface area (Å²) in [5.41, 5.74) is 0. The van der Waals surface area contributed by atoms with Gasteiger partial charge in [0, 0.05) is 44.2 Å². The normalized spacial score (nSPS) is 22.6. The highest BCUT2D eigenvalue weighted by Gasteiger charge is 2.17. The summed E-state index contributed by atoms with van der Waals surface area (Å²) in [6, 6.07) is 0. The summed E-state index contributed by atoms with van der Waals surface area (Å²) in [7, 11) is 2.11. The molecule has 0 aliphatic carbocycles. The molecule has 5 nitrogen and oxygen atoms in total. The fraction of sp³-hybridized carbons (Fsp3) is 1.00. The van der Waals surface area contributed by atoms with Gasteiger partial charge < -0.3 is 20.2 Å². The van der Waals surface area contributed by atoms with Crippen LogP contribution in [0.3, 0.4) is 0 Å². The summed E-state index contributed by atoms with van der Waals surface area (Å²) in [5.74, 6) is 1.10. The van der Waals surface area contributed by atoms with Gasteiger partial charge in [0.1, 0.15) is 0 Å². The molecule has 1 heterocycles. The van der Waals surface area contributed by atoms with E-state index in [1.54, 1.807) is 0 Å². The predicted octanol–water partition coefficient (Wildman–Crippen LogP) is -1.32. The van der Waals surface area contributed by atoms with Crippen LogP contribution < -0.4 is 0 Å². The molecule has 6 heteroatoms. The molecule has 17 heavy (non-hydrogen) atoms. The highest BCUT2D eigenvalue weighted by molar-refractivity contribution is 7.99. The molecule has 1 saturated heterocycles. The molecule has 0 radical (unpaired) electrons. The Morgan fingerprint density at radius 1 is 1.06 bits per heavy atom. The van der Waals surface area contributed by atoms with E-state index in [1.807, 2.05) is 0 Å². The molecule has 0 bridgehead atoms. The first-order valence-corrected chi connectivity index (χ1v) is 7.23. The van der Waals surface area contributed by atoms with Crippen LogP contribution in [0.5, 0.6) is 0 Å². The maximum atomic E-state index is 9.83. The number of nitrogens with zero attached hydrogens (tertiary/aromatic N) is 2. The van der Waals surface area contributed by atoms with Gasteiger partial charge in [-0.2, -0.15) is 11.8 Å². The van der Waals surface area contributed by atoms with E-state index < -0.39 is 6.10 Å². The molecule has 1 fully saturated rings. The average Bonchev–Trinajstić information content (AvgIpc) is 2.32. The van der Waals surface area contributed by atoms with Gasteiger partial charge in [0.15, 0.2) is 0 Å². The third-order valence-corrected chi connectivity index (χ3v) is 4.14. The quantitative estimate of drug-likeness (QED) is 0.530. The molecular formula is C11H24N2O3S. The molecule has 2 atom stereocenters. The number of aliphatic hydroxyl groups excluding tert-OH is 3. The highest BCUT2D eigenvalue weighted by Crippen LogP contribution is 2.08. The van der Waals surface area contributed by atoms with Crippen LogP contribution in [0, 0.1) is 0 Å². The average molecular weight is 264 g/mol. The number of rotatable bonds is 7. The van der Waals surface area contributed by atoms with Crippen molar-refractivity contribution in [2.75, 3.05) is 57.9 Å². The number of thioether (sulfide) groups is 1. The van der Waals surface area contributed by atoms with Crippen LogP contribution in [0.4, 0.5) is 0 Å². The summed E-state index contributed by atoms with van der Waals surface area (Å²) in [5, 5.41) is 27.6. The van der Waals surface area contributed by atoms with Crippen molar-refractivity contribution in [2.24, 2.45) is 0 Å². The van der Waals surface area contributed by atoms with Gasteiger partial charge in [0.05, 0.1) is 18.8 Å². The van der Waals surface area contributed by atoms with Crippen LogP contribution in [0.25, 0.3) is 0 Å². The molecule has 2 unspecified atom stereocenters. The molecule has 1 aliphatic rings. The first-order valence-electron chi connectivity index (χ1n) is 6.07. The monoisotopic (exact) mass is 264 g/mol. The van der Waals surface area contributed by atoms with Crippen molar-refractivity contribution in [3.63, 3.8) is 0 Å². The number of piperazine rings is 1. The second-order valence-corrected chi connectivity index (χ2v) is 5.71. The topological polar surface area (TPSA) is 67.2 Å². The van der Waals surface area contributed by atoms with Crippen LogP contribution >= 0.6 is 11.8 Å². The van der Waals surface area contributed by atoms with Crippen molar-refractivity contribution in [3.05, 3.63) is 0 Å². The highest BCUT2D eigenvalue weighted by atomic mass is 32.2. The van der Waals surface area contributed by atoms with Gasteiger partial charge >= 0.3 is 0 Å². The Labute approximate surface area is 107 Å². The van der Waals surface area contributed by atoms with E-state index in [0.29, 0.717) is 18.1 Å². The van der Waals surface area contributed by atoms with Gasteiger partial charge in [-0.05, 0) is 7.05 Å². The summed E-state index contributed by atoms with van der Waals surface area (Å²) in [4.78, 5) is 4.56. The van der Waals surface area contributed by atoms with Crippen LogP contribution in [-0.2, 0) is 0 Å². The smallest absolute Gasteiger partial charge is 0.0861 e. The molecule has 0 aromatic carbocycles. The second kappa shape index (κ2) is 8.29. The fourth-order valence-electron chi connectivity index (χ4n) is 1.77. The van der Waals surface area contributed by atoms with Crippen molar-refractivity contribution in [1.29, 1.82) is 0 Å². The zero-order chi connectivity index (χ0) is 12.7. The molecular weight excluding hydrogens is 240 g/mol. The molecule has 1 aliphatic heterocycles. The zero-order valence-corrected chi connectivity index (χ0v) is 11.3. The Balaban J connectivity index is 2.06. The number of likely N-dealkylation sites (N-methyl/N-ethyl adjacent to an activating group) is 1. The number of β-amino-alcohol motifs (C(OH)–C–C–N with tert-alkyl or cyclic N) is 1. The van der Waals surface area contributed by atoms with E-state index in [2.05, 4.69) is 16.8 Å². The molecule has 3 N–H and O–H groups in total. The van der Waals surface area contributed by atoms with Gasteiger partial charge in [-0.15, -0.1) is 0 Å². The van der Waals surface area contributed by atoms with E-state index in [-0.39, 0.29) is 12.7 Å². The van der Waals surface area contributed by atoms with Crippen LogP contribution in [-0.4, -0.2) is 95.2 Å². The summed E-state index contributed by atoms with van der Waals surface area (Å²) >= 11 is 1.49. The molecule has 0 spiro atoms. The Bertz CT molecular complexity index is 201. The molecule has 0 amide bonds. The summed E-state index contributed by atoms with van der Waals surface area (Å²) in [6.07, 6.45) is -1.02. The maximum absolute atomic E-state index is 9.83. The first-order chi connectivity index (χ1) is 8.11. The summed E-state index contributed by atoms with van der Waals surface area (Å²) < 4.78 is 0. The van der Waals surface area contributed by atoms with E-state index in [1.165, 1.54) is 11.8 Å². The van der Waals surface area contributed by atoms with E-state index >= 15 is 0 Å². The van der Waals surface area contributed by atoms with Gasteiger partial charge in [-0.25, -0.2) is 0 Å². The molecule has 102 valence electrons. The van der Waals surface area contributed by atoms with Gasteiger partial charge in [0.25, 0.3) is 0 Å². The van der Waals surface area contributed by atoms with Crippen molar-refractivity contribution in [3.8, 4) is 0 Å². The van der Waals surface area contributed by atoms with Gasteiger partial charge in [-0.3, -0.25) is 4.90 Å². The Morgan fingerprint density at radius 3 is 2.24 bits per heavy atom. The number of aliphatic hydroxyl groups is 3. The first kappa shape index (κ1) is 15.2. The molecule has 0 aromatic rings. The third kappa shape index (κ3) is 6.59. The SMILES string of the molecule is CN1CCN(CC(O)CSCC(O)CO)CC1. The number of hydrogen-bond donors (Lipinski definition) is 3. The lowest BCUT2D eigenvalue weighted by Crippen LogP contribution is -2.47. The molecule has 0 saturated carbocycles. The Kier molecular flexibility index (Phi) is 7.41. The van der Waals surface area contributed by atoms with Crippen LogP contribution in [0.15, 0.2) is 0 Å². The number of hydrogen-bond acceptors (Lipinski definition) is 6. The Hall–Kier alpha value is 0.150. The maximum Gasteiger partial charge on any atom is 0.0861 e. The minimum Gasteiger partial charge on any atom is -0.394 e. The standard InChI is InChI=1S/C11H24N2O3S/c1-12-2-4-13(5-3-12)6-10(15)8-17-9-11(16)7-14/h10-11,14-16H,2-9H2,1H3. The lowest BCUT2D eigenvalue weighted by atomic mass is 10.3. The van der Waals surface area contributed by atoms with Crippen molar-refractivity contribution in [1.82, 2.24) is 9.80 Å². The van der Waals surface area contributed by atoms with E-state index in [0.717, 1.165) is 26.2 Å². The zero-order valence-electron chi connectivity index (χ0n) is 10.5. The van der Waals surface area contributed by atoms with E-state index in [9.17, 15) is 5.11 Å². The minimum atomic E-state index is -0.671. The lowest BCUT2D eigenvalue weighted by Gasteiger charge is -2.33. The van der Waals surface area contributed by atoms with Gasteiger partial charge in [-0.1, -0.05) is 0 Å². The molecule has 0 aromatic heterocycles. The van der Waals surface area contributed by atoms with Crippen molar-refractivity contribution < 1.29 is 15.3 Å². The van der Waals surface area contributed by atoms with Crippen LogP contribution in [0.2, 0.25) is 0 Å². The van der Waals surface area contributed by atoms with E-state index in [4.69, 9.17) is 10.2 Å². The predicted molar refractivity (Wildman–Crippen MR) is 70.4 cm³/mol. The van der Waals surface area contributed by atoms with Crippen molar-refractivity contribution >= 4 is 11.8 Å². The third-order valence-electron chi connectivity index (χ3n) is 2.90.